The highest BCUT2D eigenvalue weighted by molar-refractivity contribution is 7.18. The second kappa shape index (κ2) is 8.76. The Bertz CT molecular complexity index is 1310. The van der Waals surface area contributed by atoms with E-state index >= 15 is 0 Å². The van der Waals surface area contributed by atoms with Gasteiger partial charge >= 0.3 is 0 Å². The molecule has 3 aromatic heterocycles. The van der Waals surface area contributed by atoms with E-state index in [1.165, 1.54) is 0 Å². The maximum atomic E-state index is 12.9. The number of nitrogens with zero attached hydrogens (tertiary/aromatic N) is 5. The summed E-state index contributed by atoms with van der Waals surface area (Å²) < 4.78 is 0. The standard InChI is InChI=1S/C24H25N7OS/c1-25-24-28-12-20(33-24)15-4-5-17-11-27-21(9-18(17)8-15)29-23(32)16-6-7-26-22(10-16)31-13-19(14-31)30(2)3/h4-12,19H,13-14H2,1-3H3,(H,25,28)(H,27,29,32). The van der Waals surface area contributed by atoms with E-state index in [2.05, 4.69) is 61.6 Å². The number of thiazole rings is 1. The summed E-state index contributed by atoms with van der Waals surface area (Å²) in [5.74, 6) is 1.13. The molecule has 0 spiro atoms. The highest BCUT2D eigenvalue weighted by Crippen LogP contribution is 2.31. The number of pyridine rings is 2. The number of rotatable bonds is 6. The Morgan fingerprint density at radius 2 is 1.91 bits per heavy atom. The molecular formula is C24H25N7OS. The minimum atomic E-state index is -0.201. The molecule has 9 heteroatoms. The number of fused-ring (bicyclic) bond motifs is 1. The number of amides is 1. The van der Waals surface area contributed by atoms with Gasteiger partial charge in [0, 0.05) is 55.7 Å². The van der Waals surface area contributed by atoms with Gasteiger partial charge in [-0.05, 0) is 49.3 Å². The Morgan fingerprint density at radius 1 is 1.06 bits per heavy atom. The van der Waals surface area contributed by atoms with Gasteiger partial charge in [0.25, 0.3) is 5.91 Å². The zero-order chi connectivity index (χ0) is 22.9. The van der Waals surface area contributed by atoms with Crippen LogP contribution >= 0.6 is 11.3 Å². The first kappa shape index (κ1) is 21.3. The molecule has 168 valence electrons. The van der Waals surface area contributed by atoms with Gasteiger partial charge in [-0.15, -0.1) is 0 Å². The van der Waals surface area contributed by atoms with E-state index in [0.29, 0.717) is 17.4 Å². The molecule has 33 heavy (non-hydrogen) atoms. The number of nitrogens with one attached hydrogen (secondary N) is 2. The molecule has 1 amide bonds. The largest absolute Gasteiger partial charge is 0.365 e. The van der Waals surface area contributed by atoms with Crippen LogP contribution in [0.1, 0.15) is 10.4 Å². The number of carbonyl (C=O) groups excluding carboxylic acids is 1. The average Bonchev–Trinajstić information content (AvgIpc) is 3.27. The van der Waals surface area contributed by atoms with Crippen molar-refractivity contribution < 1.29 is 4.79 Å². The van der Waals surface area contributed by atoms with Crippen molar-refractivity contribution in [2.75, 3.05) is 49.8 Å². The predicted molar refractivity (Wildman–Crippen MR) is 134 cm³/mol. The smallest absolute Gasteiger partial charge is 0.257 e. The summed E-state index contributed by atoms with van der Waals surface area (Å²) in [5, 5.41) is 8.88. The summed E-state index contributed by atoms with van der Waals surface area (Å²) in [4.78, 5) is 31.6. The van der Waals surface area contributed by atoms with E-state index in [0.717, 1.165) is 45.3 Å². The molecule has 0 saturated carbocycles. The quantitative estimate of drug-likeness (QED) is 0.454. The van der Waals surface area contributed by atoms with Gasteiger partial charge in [0.2, 0.25) is 0 Å². The third kappa shape index (κ3) is 4.37. The van der Waals surface area contributed by atoms with Crippen LogP contribution in [0, 0.1) is 0 Å². The molecular weight excluding hydrogens is 434 g/mol. The van der Waals surface area contributed by atoms with Gasteiger partial charge in [-0.2, -0.15) is 0 Å². The number of carbonyl (C=O) groups is 1. The van der Waals surface area contributed by atoms with Gasteiger partial charge in [-0.3, -0.25) is 4.79 Å². The minimum Gasteiger partial charge on any atom is -0.365 e. The molecule has 4 aromatic rings. The van der Waals surface area contributed by atoms with Crippen LogP contribution in [0.2, 0.25) is 0 Å². The molecule has 1 aromatic carbocycles. The summed E-state index contributed by atoms with van der Waals surface area (Å²) in [6.45, 7) is 1.82. The highest BCUT2D eigenvalue weighted by atomic mass is 32.1. The van der Waals surface area contributed by atoms with Crippen molar-refractivity contribution in [2.24, 2.45) is 0 Å². The van der Waals surface area contributed by atoms with Crippen molar-refractivity contribution in [3.05, 3.63) is 60.6 Å². The van der Waals surface area contributed by atoms with E-state index in [1.807, 2.05) is 31.4 Å². The molecule has 8 nitrogen and oxygen atoms in total. The number of hydrogen-bond donors (Lipinski definition) is 2. The van der Waals surface area contributed by atoms with Crippen molar-refractivity contribution in [3.63, 3.8) is 0 Å². The fraction of sp³-hybridized carbons (Fsp3) is 0.250. The SMILES string of the molecule is CNc1ncc(-c2ccc3cnc(NC(=O)c4ccnc(N5CC(N(C)C)C5)c4)cc3c2)s1. The minimum absolute atomic E-state index is 0.201. The van der Waals surface area contributed by atoms with E-state index in [1.54, 1.807) is 29.8 Å². The number of likely N-dealkylation sites (N-methyl/N-ethyl adjacent to an activating group) is 1. The molecule has 1 aliphatic rings. The van der Waals surface area contributed by atoms with Crippen LogP contribution in [0.25, 0.3) is 21.2 Å². The van der Waals surface area contributed by atoms with Gasteiger partial charge in [0.1, 0.15) is 11.6 Å². The molecule has 0 radical (unpaired) electrons. The molecule has 2 N–H and O–H groups in total. The molecule has 0 bridgehead atoms. The fourth-order valence-corrected chi connectivity index (χ4v) is 4.54. The normalized spacial score (nSPS) is 13.9. The Balaban J connectivity index is 1.33. The summed E-state index contributed by atoms with van der Waals surface area (Å²) in [6.07, 6.45) is 5.32. The van der Waals surface area contributed by atoms with Crippen molar-refractivity contribution in [1.29, 1.82) is 0 Å². The van der Waals surface area contributed by atoms with Gasteiger partial charge in [0.05, 0.1) is 4.88 Å². The monoisotopic (exact) mass is 459 g/mol. The predicted octanol–water partition coefficient (Wildman–Crippen LogP) is 3.80. The van der Waals surface area contributed by atoms with Crippen LogP contribution < -0.4 is 15.5 Å². The maximum Gasteiger partial charge on any atom is 0.257 e. The molecule has 0 unspecified atom stereocenters. The first-order valence-corrected chi connectivity index (χ1v) is 11.5. The van der Waals surface area contributed by atoms with E-state index in [4.69, 9.17) is 0 Å². The third-order valence-corrected chi connectivity index (χ3v) is 6.96. The van der Waals surface area contributed by atoms with Crippen LogP contribution in [0.3, 0.4) is 0 Å². The fourth-order valence-electron chi connectivity index (χ4n) is 3.78. The van der Waals surface area contributed by atoms with Crippen molar-refractivity contribution in [2.45, 2.75) is 6.04 Å². The maximum absolute atomic E-state index is 12.9. The molecule has 0 atom stereocenters. The lowest BCUT2D eigenvalue weighted by molar-refractivity contribution is 0.102. The van der Waals surface area contributed by atoms with Crippen molar-refractivity contribution in [1.82, 2.24) is 19.9 Å². The average molecular weight is 460 g/mol. The van der Waals surface area contributed by atoms with Gasteiger partial charge in [-0.1, -0.05) is 23.5 Å². The topological polar surface area (TPSA) is 86.3 Å². The lowest BCUT2D eigenvalue weighted by Crippen LogP contribution is -2.57. The van der Waals surface area contributed by atoms with E-state index in [9.17, 15) is 4.79 Å². The lowest BCUT2D eigenvalue weighted by Gasteiger charge is -2.43. The van der Waals surface area contributed by atoms with Crippen molar-refractivity contribution in [3.8, 4) is 10.4 Å². The van der Waals surface area contributed by atoms with Crippen LogP contribution in [-0.2, 0) is 0 Å². The first-order valence-electron chi connectivity index (χ1n) is 10.7. The second-order valence-electron chi connectivity index (χ2n) is 8.29. The summed E-state index contributed by atoms with van der Waals surface area (Å²) in [5.41, 5.74) is 1.64. The van der Waals surface area contributed by atoms with Gasteiger partial charge in [0.15, 0.2) is 5.13 Å². The molecule has 5 rings (SSSR count). The van der Waals surface area contributed by atoms with Gasteiger partial charge in [-0.25, -0.2) is 15.0 Å². The third-order valence-electron chi connectivity index (χ3n) is 5.89. The zero-order valence-electron chi connectivity index (χ0n) is 18.7. The Morgan fingerprint density at radius 3 is 2.67 bits per heavy atom. The number of benzene rings is 1. The van der Waals surface area contributed by atoms with Gasteiger partial charge < -0.3 is 20.4 Å². The zero-order valence-corrected chi connectivity index (χ0v) is 19.6. The molecule has 4 heterocycles. The number of hydrogen-bond acceptors (Lipinski definition) is 8. The van der Waals surface area contributed by atoms with Crippen LogP contribution in [0.4, 0.5) is 16.8 Å². The first-order chi connectivity index (χ1) is 16.0. The Kier molecular flexibility index (Phi) is 5.65. The van der Waals surface area contributed by atoms with Crippen LogP contribution in [0.5, 0.6) is 0 Å². The summed E-state index contributed by atoms with van der Waals surface area (Å²) >= 11 is 1.60. The lowest BCUT2D eigenvalue weighted by atomic mass is 10.1. The highest BCUT2D eigenvalue weighted by Gasteiger charge is 2.29. The second-order valence-corrected chi connectivity index (χ2v) is 9.32. The molecule has 1 saturated heterocycles. The van der Waals surface area contributed by atoms with Crippen molar-refractivity contribution >= 4 is 44.8 Å². The Hall–Kier alpha value is -3.56. The number of aromatic nitrogens is 3. The van der Waals surface area contributed by atoms with E-state index in [-0.39, 0.29) is 5.91 Å². The molecule has 0 aliphatic carbocycles. The summed E-state index contributed by atoms with van der Waals surface area (Å²) in [6, 6.07) is 12.2. The molecule has 1 fully saturated rings. The van der Waals surface area contributed by atoms with Crippen LogP contribution in [-0.4, -0.2) is 66.0 Å². The van der Waals surface area contributed by atoms with Crippen LogP contribution in [0.15, 0.2) is 55.0 Å². The molecule has 1 aliphatic heterocycles. The van der Waals surface area contributed by atoms with E-state index < -0.39 is 0 Å². The number of anilines is 3. The summed E-state index contributed by atoms with van der Waals surface area (Å²) in [7, 11) is 6.02. The Labute approximate surface area is 196 Å².